The number of carbonyl (C=O) groups excluding carboxylic acids is 2. The molecule has 3 aromatic rings. The number of nitrogens with zero attached hydrogens (tertiary/aromatic N) is 3. The van der Waals surface area contributed by atoms with Gasteiger partial charge in [0, 0.05) is 43.3 Å². The van der Waals surface area contributed by atoms with Gasteiger partial charge in [-0.1, -0.05) is 50.2 Å². The number of sulfonamides is 1. The first-order chi connectivity index (χ1) is 25.0. The molecule has 0 saturated carbocycles. The molecule has 6 rings (SSSR count). The second-order valence-electron chi connectivity index (χ2n) is 13.8. The third-order valence-corrected chi connectivity index (χ3v) is 11.3. The molecule has 2 fully saturated rings. The number of nitrogens with one attached hydrogen (secondary N) is 2. The quantitative estimate of drug-likeness (QED) is 0.195. The maximum atomic E-state index is 14.4. The minimum absolute atomic E-state index is 0.0178. The monoisotopic (exact) mass is 733 g/mol. The van der Waals surface area contributed by atoms with Crippen molar-refractivity contribution in [2.75, 3.05) is 38.2 Å². The Labute approximate surface area is 305 Å². The highest BCUT2D eigenvalue weighted by Gasteiger charge is 2.44. The summed E-state index contributed by atoms with van der Waals surface area (Å²) in [6.45, 7) is 7.37. The normalized spacial score (nSPS) is 21.5. The molecule has 13 nitrogen and oxygen atoms in total. The van der Waals surface area contributed by atoms with Gasteiger partial charge in [0.25, 0.3) is 5.91 Å². The van der Waals surface area contributed by atoms with Crippen molar-refractivity contribution in [3.63, 3.8) is 0 Å². The maximum absolute atomic E-state index is 14.4. The molecular formula is C38H47N5O8S. The van der Waals surface area contributed by atoms with Gasteiger partial charge in [0.15, 0.2) is 6.29 Å². The fraction of sp³-hybridized carbons (Fsp3) is 0.447. The van der Waals surface area contributed by atoms with Crippen molar-refractivity contribution >= 4 is 33.3 Å². The summed E-state index contributed by atoms with van der Waals surface area (Å²) in [5, 5.41) is 17.4. The van der Waals surface area contributed by atoms with Gasteiger partial charge in [0.05, 0.1) is 54.0 Å². The molecule has 3 aliphatic rings. The lowest BCUT2D eigenvalue weighted by Crippen LogP contribution is -2.51. The molecule has 2 unspecified atom stereocenters. The van der Waals surface area contributed by atoms with E-state index in [0.29, 0.717) is 42.9 Å². The van der Waals surface area contributed by atoms with Crippen LogP contribution >= 0.6 is 0 Å². The highest BCUT2D eigenvalue weighted by atomic mass is 32.2. The summed E-state index contributed by atoms with van der Waals surface area (Å²) in [7, 11) is -4.19. The third kappa shape index (κ3) is 8.81. The van der Waals surface area contributed by atoms with Gasteiger partial charge in [-0.25, -0.2) is 13.2 Å². The SMILES string of the molecule is CCN(/C=C1\C(=O)Nc2ccc(S(=O)(=O)N(CC(C)C)C[C@@H](O)[C@H](Cc3ccccc3)NC(=O)O[C@H]3COC4OCCC43)cc21)Cc1ccccn1. The van der Waals surface area contributed by atoms with E-state index in [0.717, 1.165) is 11.3 Å². The summed E-state index contributed by atoms with van der Waals surface area (Å²) in [4.78, 5) is 32.7. The van der Waals surface area contributed by atoms with Crippen molar-refractivity contribution in [2.45, 2.75) is 69.6 Å². The molecule has 3 N–H and O–H groups in total. The number of alkyl carbamates (subject to hydrolysis) is 1. The first-order valence-corrected chi connectivity index (χ1v) is 19.2. The van der Waals surface area contributed by atoms with Crippen LogP contribution in [0.2, 0.25) is 0 Å². The number of anilines is 1. The number of rotatable bonds is 15. The minimum atomic E-state index is -4.19. The number of hydrogen-bond donors (Lipinski definition) is 3. The molecule has 14 heteroatoms. The smallest absolute Gasteiger partial charge is 0.407 e. The molecule has 3 aliphatic heterocycles. The molecule has 0 spiro atoms. The zero-order valence-corrected chi connectivity index (χ0v) is 30.5. The van der Waals surface area contributed by atoms with Crippen molar-refractivity contribution in [1.29, 1.82) is 0 Å². The van der Waals surface area contributed by atoms with E-state index in [2.05, 4.69) is 15.6 Å². The average Bonchev–Trinajstić information content (AvgIpc) is 3.83. The summed E-state index contributed by atoms with van der Waals surface area (Å²) in [6.07, 6.45) is 1.48. The topological polar surface area (TPSA) is 160 Å². The Morgan fingerprint density at radius 2 is 1.90 bits per heavy atom. The minimum Gasteiger partial charge on any atom is -0.443 e. The van der Waals surface area contributed by atoms with Gasteiger partial charge in [0.2, 0.25) is 10.0 Å². The molecule has 2 saturated heterocycles. The van der Waals surface area contributed by atoms with Gasteiger partial charge in [-0.2, -0.15) is 4.31 Å². The van der Waals surface area contributed by atoms with Gasteiger partial charge < -0.3 is 34.9 Å². The molecule has 0 bridgehead atoms. The van der Waals surface area contributed by atoms with Gasteiger partial charge >= 0.3 is 6.09 Å². The Morgan fingerprint density at radius 3 is 2.63 bits per heavy atom. The van der Waals surface area contributed by atoms with E-state index in [4.69, 9.17) is 14.2 Å². The lowest BCUT2D eigenvalue weighted by Gasteiger charge is -2.31. The number of aliphatic hydroxyl groups excluding tert-OH is 1. The highest BCUT2D eigenvalue weighted by Crippen LogP contribution is 2.35. The van der Waals surface area contributed by atoms with E-state index in [9.17, 15) is 23.1 Å². The van der Waals surface area contributed by atoms with Crippen LogP contribution in [0.5, 0.6) is 0 Å². The zero-order chi connectivity index (χ0) is 36.8. The predicted octanol–water partition coefficient (Wildman–Crippen LogP) is 4.00. The van der Waals surface area contributed by atoms with E-state index in [1.165, 1.54) is 16.4 Å². The van der Waals surface area contributed by atoms with Crippen LogP contribution in [0.3, 0.4) is 0 Å². The molecule has 0 radical (unpaired) electrons. The van der Waals surface area contributed by atoms with Gasteiger partial charge in [-0.05, 0) is 61.6 Å². The highest BCUT2D eigenvalue weighted by molar-refractivity contribution is 7.89. The van der Waals surface area contributed by atoms with Crippen LogP contribution in [0.4, 0.5) is 10.5 Å². The second-order valence-corrected chi connectivity index (χ2v) is 15.7. The van der Waals surface area contributed by atoms with Gasteiger partial charge in [-0.15, -0.1) is 0 Å². The van der Waals surface area contributed by atoms with Crippen molar-refractivity contribution in [3.05, 3.63) is 95.9 Å². The Kier molecular flexibility index (Phi) is 11.9. The first-order valence-electron chi connectivity index (χ1n) is 17.8. The number of amides is 2. The summed E-state index contributed by atoms with van der Waals surface area (Å²) in [6, 6.07) is 18.6. The van der Waals surface area contributed by atoms with E-state index in [-0.39, 0.29) is 48.8 Å². The molecule has 0 aliphatic carbocycles. The number of ether oxygens (including phenoxy) is 3. The second kappa shape index (κ2) is 16.6. The van der Waals surface area contributed by atoms with Crippen molar-refractivity contribution in [1.82, 2.24) is 19.5 Å². The maximum Gasteiger partial charge on any atom is 0.407 e. The summed E-state index contributed by atoms with van der Waals surface area (Å²) in [5.41, 5.74) is 2.99. The van der Waals surface area contributed by atoms with Gasteiger partial charge in [-0.3, -0.25) is 9.78 Å². The van der Waals surface area contributed by atoms with E-state index >= 15 is 0 Å². The molecule has 2 aromatic carbocycles. The van der Waals surface area contributed by atoms with E-state index in [1.54, 1.807) is 18.5 Å². The third-order valence-electron chi connectivity index (χ3n) is 9.49. The first kappa shape index (κ1) is 37.4. The number of hydrogen-bond acceptors (Lipinski definition) is 10. The molecule has 4 heterocycles. The van der Waals surface area contributed by atoms with Crippen LogP contribution in [-0.4, -0.2) is 97.1 Å². The Hall–Kier alpha value is -4.34. The van der Waals surface area contributed by atoms with Crippen molar-refractivity contribution in [2.24, 2.45) is 11.8 Å². The van der Waals surface area contributed by atoms with Crippen molar-refractivity contribution in [3.8, 4) is 0 Å². The Morgan fingerprint density at radius 1 is 1.12 bits per heavy atom. The lowest BCUT2D eigenvalue weighted by atomic mass is 10.0. The summed E-state index contributed by atoms with van der Waals surface area (Å²) in [5.74, 6) is -0.483. The summed E-state index contributed by atoms with van der Waals surface area (Å²) < 4.78 is 46.9. The lowest BCUT2D eigenvalue weighted by molar-refractivity contribution is -0.110. The number of aromatic nitrogens is 1. The molecular weight excluding hydrogens is 687 g/mol. The number of carbonyl (C=O) groups is 2. The van der Waals surface area contributed by atoms with Crippen LogP contribution in [0, 0.1) is 11.8 Å². The standard InChI is InChI=1S/C38H47N5O8S/c1-4-42(21-27-12-8-9-16-39-27)22-31-30-19-28(13-14-32(30)40-36(31)45)52(47,48)43(20-25(2)3)23-34(44)33(18-26-10-6-5-7-11-26)41-38(46)51-35-24-50-37-29(35)15-17-49-37/h5-14,16,19,22,25,29,33-35,37,44H,4,15,17-18,20-21,23-24H2,1-3H3,(H,40,45)(H,41,46)/b31-22-/t29?,33-,34+,35-,37?/m0/s1. The fourth-order valence-corrected chi connectivity index (χ4v) is 8.42. The number of pyridine rings is 1. The van der Waals surface area contributed by atoms with Crippen LogP contribution in [-0.2, 0) is 42.0 Å². The van der Waals surface area contributed by atoms with Gasteiger partial charge in [0.1, 0.15) is 6.10 Å². The van der Waals surface area contributed by atoms with Crippen LogP contribution in [0.1, 0.15) is 44.0 Å². The molecule has 52 heavy (non-hydrogen) atoms. The van der Waals surface area contributed by atoms with Crippen molar-refractivity contribution < 1.29 is 37.3 Å². The molecule has 2 amide bonds. The zero-order valence-electron chi connectivity index (χ0n) is 29.7. The fourth-order valence-electron chi connectivity index (χ4n) is 6.77. The summed E-state index contributed by atoms with van der Waals surface area (Å²) >= 11 is 0. The largest absolute Gasteiger partial charge is 0.443 e. The number of aliphatic hydroxyl groups is 1. The molecule has 278 valence electrons. The van der Waals surface area contributed by atoms with Crippen LogP contribution in [0.15, 0.2) is 84.0 Å². The Bertz CT molecular complexity index is 1840. The Balaban J connectivity index is 1.23. The van der Waals surface area contributed by atoms with Crippen LogP contribution < -0.4 is 10.6 Å². The van der Waals surface area contributed by atoms with E-state index in [1.807, 2.05) is 74.2 Å². The molecule has 1 aromatic heterocycles. The number of fused-ring (bicyclic) bond motifs is 2. The van der Waals surface area contributed by atoms with E-state index < -0.39 is 40.7 Å². The predicted molar refractivity (Wildman–Crippen MR) is 194 cm³/mol. The molecule has 5 atom stereocenters. The number of benzene rings is 2. The average molecular weight is 734 g/mol. The van der Waals surface area contributed by atoms with Crippen LogP contribution in [0.25, 0.3) is 5.57 Å².